The number of benzene rings is 1. The Balaban J connectivity index is 2.01. The lowest BCUT2D eigenvalue weighted by atomic mass is 9.95. The van der Waals surface area contributed by atoms with Crippen molar-refractivity contribution >= 4 is 38.7 Å². The third-order valence-electron chi connectivity index (χ3n) is 3.73. The van der Waals surface area contributed by atoms with Crippen LogP contribution in [0.4, 0.5) is 0 Å². The van der Waals surface area contributed by atoms with E-state index in [1.165, 1.54) is 18.1 Å². The maximum atomic E-state index is 12.2. The summed E-state index contributed by atoms with van der Waals surface area (Å²) in [4.78, 5) is 13.0. The van der Waals surface area contributed by atoms with Crippen molar-refractivity contribution < 1.29 is 8.42 Å². The predicted molar refractivity (Wildman–Crippen MR) is 93.6 cm³/mol. The van der Waals surface area contributed by atoms with Gasteiger partial charge in [0.15, 0.2) is 21.0 Å². The maximum Gasteiger partial charge on any atom is 0.180 e. The number of nitrogens with zero attached hydrogens (tertiary/aromatic N) is 3. The normalized spacial score (nSPS) is 26.9. The van der Waals surface area contributed by atoms with Gasteiger partial charge in [-0.3, -0.25) is 10.7 Å². The topological polar surface area (TPSA) is 123 Å². The lowest BCUT2D eigenvalue weighted by Gasteiger charge is -2.27. The molecule has 1 aromatic rings. The Morgan fingerprint density at radius 1 is 1.26 bits per heavy atom. The second-order valence-electron chi connectivity index (χ2n) is 5.55. The molecule has 0 fully saturated rings. The van der Waals surface area contributed by atoms with Gasteiger partial charge in [0.05, 0.1) is 10.1 Å². The van der Waals surface area contributed by atoms with E-state index in [0.29, 0.717) is 16.3 Å². The van der Waals surface area contributed by atoms with Gasteiger partial charge < -0.3 is 5.73 Å². The molecule has 3 rings (SSSR count). The first-order valence-corrected chi connectivity index (χ1v) is 9.43. The summed E-state index contributed by atoms with van der Waals surface area (Å²) in [6, 6.07) is 6.41. The number of hydrogen-bond donors (Lipinski definition) is 2. The largest absolute Gasteiger partial charge is 0.301 e. The fourth-order valence-electron chi connectivity index (χ4n) is 2.35. The highest BCUT2D eigenvalue weighted by atomic mass is 32.2. The molecule has 0 saturated carbocycles. The minimum atomic E-state index is -3.33. The average Bonchev–Trinajstić information content (AvgIpc) is 2.89. The minimum Gasteiger partial charge on any atom is -0.301 e. The van der Waals surface area contributed by atoms with E-state index in [2.05, 4.69) is 15.0 Å². The van der Waals surface area contributed by atoms with Gasteiger partial charge in [-0.2, -0.15) is 0 Å². The average molecular weight is 351 g/mol. The summed E-state index contributed by atoms with van der Waals surface area (Å²) in [7, 11) is -3.33. The van der Waals surface area contributed by atoms with E-state index in [-0.39, 0.29) is 4.90 Å². The Morgan fingerprint density at radius 2 is 1.91 bits per heavy atom. The van der Waals surface area contributed by atoms with Crippen molar-refractivity contribution in [1.29, 1.82) is 0 Å². The molecule has 2 heterocycles. The van der Waals surface area contributed by atoms with E-state index >= 15 is 0 Å². The first-order chi connectivity index (χ1) is 10.7. The molecule has 0 radical (unpaired) electrons. The van der Waals surface area contributed by atoms with E-state index in [9.17, 15) is 8.42 Å². The van der Waals surface area contributed by atoms with Gasteiger partial charge >= 0.3 is 0 Å². The smallest absolute Gasteiger partial charge is 0.180 e. The van der Waals surface area contributed by atoms with Crippen molar-refractivity contribution in [3.8, 4) is 0 Å². The van der Waals surface area contributed by atoms with E-state index < -0.39 is 26.2 Å². The van der Waals surface area contributed by atoms with Crippen LogP contribution in [0.25, 0.3) is 0 Å². The SMILES string of the molecule is CC(C)S(=O)(=O)c1ccc(C2(N)N=CN=C3SC(N)N=C32)cc1. The molecule has 0 spiro atoms. The summed E-state index contributed by atoms with van der Waals surface area (Å²) in [6.45, 7) is 3.29. The lowest BCUT2D eigenvalue weighted by molar-refractivity contribution is 0.587. The van der Waals surface area contributed by atoms with Crippen LogP contribution in [0.15, 0.2) is 44.1 Å². The monoisotopic (exact) mass is 351 g/mol. The Bertz CT molecular complexity index is 827. The van der Waals surface area contributed by atoms with Crippen molar-refractivity contribution in [2.75, 3.05) is 0 Å². The van der Waals surface area contributed by atoms with Gasteiger partial charge in [0.25, 0.3) is 0 Å². The zero-order valence-corrected chi connectivity index (χ0v) is 14.3. The Kier molecular flexibility index (Phi) is 3.91. The highest BCUT2D eigenvalue weighted by Gasteiger charge is 2.42. The molecule has 23 heavy (non-hydrogen) atoms. The molecule has 122 valence electrons. The highest BCUT2D eigenvalue weighted by Crippen LogP contribution is 2.33. The second-order valence-corrected chi connectivity index (χ2v) is 9.16. The zero-order valence-electron chi connectivity index (χ0n) is 12.7. The third-order valence-corrected chi connectivity index (χ3v) is 6.77. The van der Waals surface area contributed by atoms with Crippen LogP contribution in [-0.4, -0.2) is 36.3 Å². The second kappa shape index (κ2) is 5.52. The fraction of sp³-hybridized carbons (Fsp3) is 0.357. The van der Waals surface area contributed by atoms with E-state index in [1.807, 2.05) is 0 Å². The van der Waals surface area contributed by atoms with E-state index in [0.717, 1.165) is 0 Å². The van der Waals surface area contributed by atoms with Gasteiger partial charge in [0, 0.05) is 5.56 Å². The van der Waals surface area contributed by atoms with Gasteiger partial charge in [-0.05, 0) is 26.0 Å². The Hall–Kier alpha value is -1.55. The standard InChI is InChI=1S/C14H17N5O2S2/c1-8(2)23(20,21)10-5-3-9(4-6-10)14(16)11-12(17-7-18-14)22-13(15)19-11/h3-8,13H,15-16H2,1-2H3. The van der Waals surface area contributed by atoms with Crippen LogP contribution < -0.4 is 11.5 Å². The summed E-state index contributed by atoms with van der Waals surface area (Å²) in [6.07, 6.45) is 1.39. The van der Waals surface area contributed by atoms with Gasteiger partial charge in [-0.15, -0.1) is 0 Å². The summed E-state index contributed by atoms with van der Waals surface area (Å²) in [5, 5.41) is 0.161. The summed E-state index contributed by atoms with van der Waals surface area (Å²) in [5.74, 6) is 0. The molecular formula is C14H17N5O2S2. The number of hydrogen-bond acceptors (Lipinski definition) is 8. The molecular weight excluding hydrogens is 334 g/mol. The van der Waals surface area contributed by atoms with Crippen LogP contribution >= 0.6 is 11.8 Å². The van der Waals surface area contributed by atoms with Gasteiger partial charge in [0.2, 0.25) is 0 Å². The van der Waals surface area contributed by atoms with Crippen molar-refractivity contribution in [1.82, 2.24) is 0 Å². The number of nitrogens with two attached hydrogens (primary N) is 2. The van der Waals surface area contributed by atoms with Crippen molar-refractivity contribution in [3.63, 3.8) is 0 Å². The highest BCUT2D eigenvalue weighted by molar-refractivity contribution is 8.16. The van der Waals surface area contributed by atoms with Gasteiger partial charge in [-0.25, -0.2) is 18.4 Å². The van der Waals surface area contributed by atoms with Crippen LogP contribution in [0.3, 0.4) is 0 Å². The molecule has 0 aromatic heterocycles. The quantitative estimate of drug-likeness (QED) is 0.835. The molecule has 4 N–H and O–H groups in total. The number of rotatable bonds is 3. The number of sulfone groups is 1. The molecule has 7 nitrogen and oxygen atoms in total. The summed E-state index contributed by atoms with van der Waals surface area (Å²) < 4.78 is 24.4. The zero-order chi connectivity index (χ0) is 16.8. The molecule has 2 unspecified atom stereocenters. The molecule has 0 bridgehead atoms. The Morgan fingerprint density at radius 3 is 2.52 bits per heavy atom. The van der Waals surface area contributed by atoms with Crippen molar-refractivity contribution in [3.05, 3.63) is 29.8 Å². The van der Waals surface area contributed by atoms with Crippen LogP contribution in [0, 0.1) is 0 Å². The van der Waals surface area contributed by atoms with Crippen LogP contribution in [-0.2, 0) is 15.5 Å². The van der Waals surface area contributed by atoms with Crippen molar-refractivity contribution in [2.45, 2.75) is 35.2 Å². The minimum absolute atomic E-state index is 0.257. The predicted octanol–water partition coefficient (Wildman–Crippen LogP) is 0.851. The number of aliphatic imine (C=N–C) groups is 3. The molecule has 0 amide bonds. The first kappa shape index (κ1) is 16.3. The maximum absolute atomic E-state index is 12.2. The molecule has 2 atom stereocenters. The molecule has 0 aliphatic carbocycles. The van der Waals surface area contributed by atoms with Crippen LogP contribution in [0.2, 0.25) is 0 Å². The van der Waals surface area contributed by atoms with E-state index in [4.69, 9.17) is 11.5 Å². The van der Waals surface area contributed by atoms with Gasteiger partial charge in [0.1, 0.15) is 17.1 Å². The van der Waals surface area contributed by atoms with Crippen molar-refractivity contribution in [2.24, 2.45) is 26.4 Å². The molecule has 2 aliphatic heterocycles. The van der Waals surface area contributed by atoms with Gasteiger partial charge in [-0.1, -0.05) is 23.9 Å². The number of fused-ring (bicyclic) bond motifs is 1. The fourth-order valence-corrected chi connectivity index (χ4v) is 4.22. The van der Waals surface area contributed by atoms with Crippen LogP contribution in [0.1, 0.15) is 19.4 Å². The van der Waals surface area contributed by atoms with E-state index in [1.54, 1.807) is 38.1 Å². The molecule has 9 heteroatoms. The molecule has 0 saturated heterocycles. The molecule has 1 aromatic carbocycles. The first-order valence-electron chi connectivity index (χ1n) is 7.01. The summed E-state index contributed by atoms with van der Waals surface area (Å²) >= 11 is 1.31. The van der Waals surface area contributed by atoms with Crippen LogP contribution in [0.5, 0.6) is 0 Å². The lowest BCUT2D eigenvalue weighted by Crippen LogP contribution is -2.47. The third kappa shape index (κ3) is 2.63. The summed E-state index contributed by atoms with van der Waals surface area (Å²) in [5.41, 5.74) is 11.7. The molecule has 2 aliphatic rings. The number of thioether (sulfide) groups is 1. The Labute approximate surface area is 138 Å².